The van der Waals surface area contributed by atoms with Gasteiger partial charge in [0.1, 0.15) is 18.8 Å². The molecule has 0 heterocycles. The second kappa shape index (κ2) is 8.07. The van der Waals surface area contributed by atoms with E-state index in [2.05, 4.69) is 0 Å². The molecular weight excluding hydrogens is 415 g/mol. The maximum atomic E-state index is 17.7. The van der Waals surface area contributed by atoms with Crippen LogP contribution in [-0.2, 0) is 23.9 Å². The summed E-state index contributed by atoms with van der Waals surface area (Å²) in [5.74, 6) is -1.57. The average molecular weight is 453 g/mol. The van der Waals surface area contributed by atoms with Crippen LogP contribution in [0.4, 0.5) is 4.39 Å². The number of rotatable bonds is 4. The largest absolute Gasteiger partial charge is 0.463 e. The van der Waals surface area contributed by atoms with Crippen molar-refractivity contribution >= 4 is 17.7 Å². The minimum Gasteiger partial charge on any atom is -0.463 e. The zero-order valence-corrected chi connectivity index (χ0v) is 19.7. The lowest BCUT2D eigenvalue weighted by molar-refractivity contribution is -0.256. The summed E-state index contributed by atoms with van der Waals surface area (Å²) >= 11 is 0. The molecule has 0 unspecified atom stereocenters. The molecule has 0 aliphatic heterocycles. The van der Waals surface area contributed by atoms with E-state index >= 15 is 4.39 Å². The van der Waals surface area contributed by atoms with Gasteiger partial charge in [-0.1, -0.05) is 13.8 Å². The number of esters is 2. The van der Waals surface area contributed by atoms with Crippen LogP contribution >= 0.6 is 0 Å². The van der Waals surface area contributed by atoms with E-state index in [0.717, 1.165) is 12.8 Å². The summed E-state index contributed by atoms with van der Waals surface area (Å²) in [5, 5.41) is 9.53. The van der Waals surface area contributed by atoms with Crippen LogP contribution in [0.25, 0.3) is 0 Å². The topological polar surface area (TPSA) is 89.9 Å². The number of alkyl halides is 1. The van der Waals surface area contributed by atoms with Gasteiger partial charge in [-0.3, -0.25) is 14.4 Å². The molecule has 4 aliphatic carbocycles. The number of aliphatic hydroxyl groups excluding tert-OH is 1. The molecule has 7 heteroatoms. The summed E-state index contributed by atoms with van der Waals surface area (Å²) < 4.78 is 28.9. The highest BCUT2D eigenvalue weighted by atomic mass is 19.1. The normalized spacial score (nSPS) is 47.6. The van der Waals surface area contributed by atoms with Crippen molar-refractivity contribution in [2.45, 2.75) is 96.9 Å². The number of hydrogen-bond donors (Lipinski definition) is 1. The van der Waals surface area contributed by atoms with E-state index in [4.69, 9.17) is 9.47 Å². The molecular formula is C25H37FO6. The zero-order chi connectivity index (χ0) is 23.5. The maximum absolute atomic E-state index is 17.7. The van der Waals surface area contributed by atoms with E-state index < -0.39 is 35.2 Å². The van der Waals surface area contributed by atoms with Gasteiger partial charge in [-0.05, 0) is 68.6 Å². The van der Waals surface area contributed by atoms with Gasteiger partial charge in [0.2, 0.25) is 0 Å². The summed E-state index contributed by atoms with van der Waals surface area (Å²) in [5.41, 5.74) is -2.87. The molecule has 0 saturated heterocycles. The zero-order valence-electron chi connectivity index (χ0n) is 19.7. The third-order valence-electron chi connectivity index (χ3n) is 9.85. The number of ketones is 1. The Morgan fingerprint density at radius 1 is 0.969 bits per heavy atom. The summed E-state index contributed by atoms with van der Waals surface area (Å²) in [6.07, 6.45) is 3.91. The molecule has 0 bridgehead atoms. The predicted octanol–water partition coefficient (Wildman–Crippen LogP) is 3.77. The average Bonchev–Trinajstić information content (AvgIpc) is 3.04. The Kier molecular flexibility index (Phi) is 5.96. The van der Waals surface area contributed by atoms with Crippen molar-refractivity contribution in [2.24, 2.45) is 34.5 Å². The van der Waals surface area contributed by atoms with Gasteiger partial charge >= 0.3 is 11.9 Å². The SMILES string of the molecule is CC(=O)O[C@@H]1CC[C@@]2(C)[C@@H](CC[C@H]3[C@@H]4CC[C@H](C(=O)CO)[C@@]4(C)C[C@@H](OC(C)=O)[C@@]32F)C1. The fourth-order valence-electron chi connectivity index (χ4n) is 8.49. The summed E-state index contributed by atoms with van der Waals surface area (Å²) in [6.45, 7) is 6.25. The van der Waals surface area contributed by atoms with Gasteiger partial charge in [0.05, 0.1) is 0 Å². The first-order chi connectivity index (χ1) is 15.0. The van der Waals surface area contributed by atoms with E-state index in [1.54, 1.807) is 0 Å². The molecule has 32 heavy (non-hydrogen) atoms. The number of fused-ring (bicyclic) bond motifs is 5. The van der Waals surface area contributed by atoms with Crippen molar-refractivity contribution < 1.29 is 33.4 Å². The molecule has 0 aromatic heterocycles. The van der Waals surface area contributed by atoms with Gasteiger partial charge in [-0.15, -0.1) is 0 Å². The van der Waals surface area contributed by atoms with Crippen LogP contribution in [0.3, 0.4) is 0 Å². The molecule has 4 aliphatic rings. The first kappa shape index (κ1) is 23.7. The van der Waals surface area contributed by atoms with Crippen molar-refractivity contribution in [2.75, 3.05) is 6.61 Å². The highest BCUT2D eigenvalue weighted by Crippen LogP contribution is 2.71. The second-order valence-corrected chi connectivity index (χ2v) is 11.2. The quantitative estimate of drug-likeness (QED) is 0.653. The summed E-state index contributed by atoms with van der Waals surface area (Å²) in [7, 11) is 0. The summed E-state index contributed by atoms with van der Waals surface area (Å²) in [6, 6.07) is 0. The predicted molar refractivity (Wildman–Crippen MR) is 114 cm³/mol. The lowest BCUT2D eigenvalue weighted by atomic mass is 9.42. The highest BCUT2D eigenvalue weighted by Gasteiger charge is 2.73. The van der Waals surface area contributed by atoms with E-state index in [1.807, 2.05) is 13.8 Å². The van der Waals surface area contributed by atoms with Crippen LogP contribution in [-0.4, -0.2) is 47.3 Å². The monoisotopic (exact) mass is 452 g/mol. The number of aliphatic hydroxyl groups is 1. The van der Waals surface area contributed by atoms with Crippen LogP contribution < -0.4 is 0 Å². The molecule has 4 fully saturated rings. The maximum Gasteiger partial charge on any atom is 0.303 e. The van der Waals surface area contributed by atoms with E-state index in [9.17, 15) is 19.5 Å². The van der Waals surface area contributed by atoms with Crippen molar-refractivity contribution in [1.29, 1.82) is 0 Å². The fourth-order valence-corrected chi connectivity index (χ4v) is 8.49. The van der Waals surface area contributed by atoms with Crippen molar-refractivity contribution in [3.63, 3.8) is 0 Å². The molecule has 180 valence electrons. The van der Waals surface area contributed by atoms with Crippen molar-refractivity contribution in [1.82, 2.24) is 0 Å². The molecule has 1 N–H and O–H groups in total. The third kappa shape index (κ3) is 3.33. The third-order valence-corrected chi connectivity index (χ3v) is 9.85. The van der Waals surface area contributed by atoms with Gasteiger partial charge in [-0.25, -0.2) is 4.39 Å². The van der Waals surface area contributed by atoms with Gasteiger partial charge in [0.15, 0.2) is 11.5 Å². The molecule has 0 radical (unpaired) electrons. The van der Waals surface area contributed by atoms with Gasteiger partial charge < -0.3 is 14.6 Å². The number of carbonyl (C=O) groups excluding carboxylic acids is 3. The standard InChI is InChI=1S/C25H37FO6/c1-14(28)31-17-9-10-24(4)16(11-17)5-6-19-18-7-8-20(21(30)13-27)23(18,3)12-22(25(19,24)26)32-15(2)29/h16-20,22,27H,5-13H2,1-4H3/t16-,17+,18-,19-,20+,22+,23-,24-,25-/m0/s1. The van der Waals surface area contributed by atoms with Gasteiger partial charge in [0, 0.05) is 31.1 Å². The molecule has 6 nitrogen and oxygen atoms in total. The number of carbonyl (C=O) groups is 3. The lowest BCUT2D eigenvalue weighted by Crippen LogP contribution is -2.70. The second-order valence-electron chi connectivity index (χ2n) is 11.2. The van der Waals surface area contributed by atoms with Crippen molar-refractivity contribution in [3.05, 3.63) is 0 Å². The number of hydrogen-bond acceptors (Lipinski definition) is 6. The Morgan fingerprint density at radius 3 is 2.25 bits per heavy atom. The number of Topliss-reactive ketones (excluding diaryl/α,β-unsaturated/α-hetero) is 1. The van der Waals surface area contributed by atoms with Crippen LogP contribution in [0.2, 0.25) is 0 Å². The van der Waals surface area contributed by atoms with Crippen molar-refractivity contribution in [3.8, 4) is 0 Å². The van der Waals surface area contributed by atoms with Gasteiger partial charge in [0.25, 0.3) is 0 Å². The molecule has 0 amide bonds. The van der Waals surface area contributed by atoms with Crippen LogP contribution in [0.1, 0.15) is 79.1 Å². The molecule has 4 rings (SSSR count). The molecule has 0 spiro atoms. The Labute approximate surface area is 189 Å². The Hall–Kier alpha value is -1.50. The smallest absolute Gasteiger partial charge is 0.303 e. The van der Waals surface area contributed by atoms with Gasteiger partial charge in [-0.2, -0.15) is 0 Å². The Morgan fingerprint density at radius 2 is 1.62 bits per heavy atom. The van der Waals surface area contributed by atoms with Crippen LogP contribution in [0, 0.1) is 34.5 Å². The first-order valence-corrected chi connectivity index (χ1v) is 12.1. The molecule has 0 aromatic rings. The Balaban J connectivity index is 1.72. The molecule has 4 saturated carbocycles. The Bertz CT molecular complexity index is 799. The molecule has 9 atom stereocenters. The lowest BCUT2D eigenvalue weighted by Gasteiger charge is -2.65. The van der Waals surface area contributed by atoms with Crippen LogP contribution in [0.15, 0.2) is 0 Å². The van der Waals surface area contributed by atoms with E-state index in [1.165, 1.54) is 13.8 Å². The minimum atomic E-state index is -1.69. The number of halogens is 1. The first-order valence-electron chi connectivity index (χ1n) is 12.1. The summed E-state index contributed by atoms with van der Waals surface area (Å²) in [4.78, 5) is 36.1. The van der Waals surface area contributed by atoms with E-state index in [-0.39, 0.29) is 41.5 Å². The highest BCUT2D eigenvalue weighted by molar-refractivity contribution is 5.83. The fraction of sp³-hybridized carbons (Fsp3) is 0.880. The van der Waals surface area contributed by atoms with Crippen LogP contribution in [0.5, 0.6) is 0 Å². The van der Waals surface area contributed by atoms with E-state index in [0.29, 0.717) is 38.5 Å². The minimum absolute atomic E-state index is 0.0174. The molecule has 0 aromatic carbocycles. The number of ether oxygens (including phenoxy) is 2.